The molecular weight excluding hydrogens is 325 g/mol. The second kappa shape index (κ2) is 5.77. The summed E-state index contributed by atoms with van der Waals surface area (Å²) in [7, 11) is -4.02. The number of rotatable bonds is 5. The Hall–Kier alpha value is -1.02. The molecule has 0 unspecified atom stereocenters. The molecule has 0 saturated carbocycles. The number of hydrogen-bond donors (Lipinski definition) is 3. The molecule has 0 aromatic heterocycles. The fourth-order valence-corrected chi connectivity index (χ4v) is 4.15. The number of sulfonamides is 1. The van der Waals surface area contributed by atoms with Crippen LogP contribution in [0.3, 0.4) is 0 Å². The molecule has 5 N–H and O–H groups in total. The zero-order chi connectivity index (χ0) is 15.7. The van der Waals surface area contributed by atoms with Crippen molar-refractivity contribution in [2.45, 2.75) is 30.7 Å². The van der Waals surface area contributed by atoms with Crippen molar-refractivity contribution < 1.29 is 13.2 Å². The lowest BCUT2D eigenvalue weighted by Crippen LogP contribution is -2.46. The first-order valence-electron chi connectivity index (χ1n) is 5.51. The van der Waals surface area contributed by atoms with Gasteiger partial charge in [0.15, 0.2) is 0 Å². The van der Waals surface area contributed by atoms with E-state index in [0.29, 0.717) is 0 Å². The van der Waals surface area contributed by atoms with Gasteiger partial charge in [-0.15, -0.1) is 0 Å². The second-order valence-corrected chi connectivity index (χ2v) is 7.40. The van der Waals surface area contributed by atoms with Crippen LogP contribution in [0.1, 0.15) is 20.3 Å². The van der Waals surface area contributed by atoms with Gasteiger partial charge in [0.2, 0.25) is 15.9 Å². The third kappa shape index (κ3) is 4.24. The maximum Gasteiger partial charge on any atom is 0.244 e. The summed E-state index contributed by atoms with van der Waals surface area (Å²) < 4.78 is 27.0. The molecule has 20 heavy (non-hydrogen) atoms. The number of halogens is 2. The van der Waals surface area contributed by atoms with Crippen LogP contribution in [-0.2, 0) is 14.8 Å². The molecule has 0 aliphatic carbocycles. The quantitative estimate of drug-likeness (QED) is 0.705. The fourth-order valence-electron chi connectivity index (χ4n) is 1.75. The summed E-state index contributed by atoms with van der Waals surface area (Å²) in [6, 6.07) is 2.55. The van der Waals surface area contributed by atoms with Crippen LogP contribution in [0.15, 0.2) is 17.0 Å². The van der Waals surface area contributed by atoms with Crippen LogP contribution >= 0.6 is 23.2 Å². The lowest BCUT2D eigenvalue weighted by atomic mass is 10.0. The molecule has 0 fully saturated rings. The molecule has 1 amide bonds. The molecule has 0 spiro atoms. The van der Waals surface area contributed by atoms with Gasteiger partial charge in [0.05, 0.1) is 10.7 Å². The number of carbonyl (C=O) groups excluding carboxylic acids is 1. The maximum absolute atomic E-state index is 12.3. The van der Waals surface area contributed by atoms with Crippen molar-refractivity contribution in [3.05, 3.63) is 22.2 Å². The van der Waals surface area contributed by atoms with E-state index in [1.165, 1.54) is 26.0 Å². The summed E-state index contributed by atoms with van der Waals surface area (Å²) >= 11 is 11.6. The molecule has 1 aromatic rings. The van der Waals surface area contributed by atoms with Crippen LogP contribution in [0.25, 0.3) is 0 Å². The van der Waals surface area contributed by atoms with E-state index in [4.69, 9.17) is 34.7 Å². The fraction of sp³-hybridized carbons (Fsp3) is 0.364. The van der Waals surface area contributed by atoms with E-state index in [0.717, 1.165) is 0 Å². The van der Waals surface area contributed by atoms with E-state index in [-0.39, 0.29) is 27.0 Å². The lowest BCUT2D eigenvalue weighted by Gasteiger charge is -2.25. The SMILES string of the molecule is CC(C)(CC(N)=O)NS(=O)(=O)c1c(N)cc(Cl)cc1Cl. The molecule has 9 heteroatoms. The lowest BCUT2D eigenvalue weighted by molar-refractivity contribution is -0.119. The van der Waals surface area contributed by atoms with Gasteiger partial charge in [-0.2, -0.15) is 0 Å². The minimum atomic E-state index is -4.02. The van der Waals surface area contributed by atoms with Gasteiger partial charge in [0.1, 0.15) is 4.90 Å². The molecule has 0 bridgehead atoms. The van der Waals surface area contributed by atoms with Crippen LogP contribution in [-0.4, -0.2) is 19.9 Å². The standard InChI is InChI=1S/C11H15Cl2N3O3S/c1-11(2,5-9(15)17)16-20(18,19)10-7(13)3-6(12)4-8(10)14/h3-4,16H,5,14H2,1-2H3,(H2,15,17). The smallest absolute Gasteiger partial charge is 0.244 e. The van der Waals surface area contributed by atoms with Gasteiger partial charge in [-0.1, -0.05) is 23.2 Å². The number of hydrogen-bond acceptors (Lipinski definition) is 4. The predicted octanol–water partition coefficient (Wildman–Crippen LogP) is 1.51. The molecule has 0 atom stereocenters. The highest BCUT2D eigenvalue weighted by molar-refractivity contribution is 7.89. The summed E-state index contributed by atoms with van der Waals surface area (Å²) in [5, 5.41) is 0.125. The Morgan fingerprint density at radius 1 is 1.35 bits per heavy atom. The first-order valence-corrected chi connectivity index (χ1v) is 7.75. The Morgan fingerprint density at radius 2 is 1.90 bits per heavy atom. The highest BCUT2D eigenvalue weighted by Gasteiger charge is 2.30. The normalized spacial score (nSPS) is 12.4. The summed E-state index contributed by atoms with van der Waals surface area (Å²) in [5.41, 5.74) is 9.57. The Bertz CT molecular complexity index is 621. The van der Waals surface area contributed by atoms with Gasteiger partial charge >= 0.3 is 0 Å². The molecule has 112 valence electrons. The summed E-state index contributed by atoms with van der Waals surface area (Å²) in [6.45, 7) is 3.05. The van der Waals surface area contributed by atoms with E-state index in [2.05, 4.69) is 4.72 Å². The van der Waals surface area contributed by atoms with Gasteiger partial charge in [-0.25, -0.2) is 13.1 Å². The monoisotopic (exact) mass is 339 g/mol. The van der Waals surface area contributed by atoms with E-state index in [1.807, 2.05) is 0 Å². The van der Waals surface area contributed by atoms with Gasteiger partial charge in [-0.3, -0.25) is 4.79 Å². The molecule has 0 radical (unpaired) electrons. The number of benzene rings is 1. The molecule has 0 saturated heterocycles. The summed E-state index contributed by atoms with van der Waals surface area (Å²) in [4.78, 5) is 10.7. The summed E-state index contributed by atoms with van der Waals surface area (Å²) in [5.74, 6) is -0.632. The minimum Gasteiger partial charge on any atom is -0.398 e. The van der Waals surface area contributed by atoms with Crippen LogP contribution in [0.4, 0.5) is 5.69 Å². The largest absolute Gasteiger partial charge is 0.398 e. The number of primary amides is 1. The van der Waals surface area contributed by atoms with Crippen molar-refractivity contribution in [1.82, 2.24) is 4.72 Å². The highest BCUT2D eigenvalue weighted by Crippen LogP contribution is 2.31. The molecule has 6 nitrogen and oxygen atoms in total. The van der Waals surface area contributed by atoms with Crippen molar-refractivity contribution in [2.75, 3.05) is 5.73 Å². The van der Waals surface area contributed by atoms with E-state index in [9.17, 15) is 13.2 Å². The highest BCUT2D eigenvalue weighted by atomic mass is 35.5. The average Bonchev–Trinajstić information content (AvgIpc) is 2.08. The first-order chi connectivity index (χ1) is 8.94. The van der Waals surface area contributed by atoms with E-state index in [1.54, 1.807) is 0 Å². The van der Waals surface area contributed by atoms with Crippen LogP contribution in [0.5, 0.6) is 0 Å². The van der Waals surface area contributed by atoms with E-state index >= 15 is 0 Å². The molecule has 0 aliphatic rings. The van der Waals surface area contributed by atoms with Crippen molar-refractivity contribution in [1.29, 1.82) is 0 Å². The topological polar surface area (TPSA) is 115 Å². The number of amides is 1. The van der Waals surface area contributed by atoms with E-state index < -0.39 is 21.5 Å². The zero-order valence-corrected chi connectivity index (χ0v) is 13.2. The number of anilines is 1. The van der Waals surface area contributed by atoms with Crippen molar-refractivity contribution >= 4 is 44.8 Å². The first kappa shape index (κ1) is 17.0. The van der Waals surface area contributed by atoms with Crippen molar-refractivity contribution in [3.63, 3.8) is 0 Å². The van der Waals surface area contributed by atoms with Gasteiger partial charge in [-0.05, 0) is 26.0 Å². The third-order valence-corrected chi connectivity index (χ3v) is 4.78. The van der Waals surface area contributed by atoms with Crippen molar-refractivity contribution in [3.8, 4) is 0 Å². The summed E-state index contributed by atoms with van der Waals surface area (Å²) in [6.07, 6.45) is -0.169. The Morgan fingerprint density at radius 3 is 2.35 bits per heavy atom. The maximum atomic E-state index is 12.3. The third-order valence-electron chi connectivity index (χ3n) is 2.33. The number of nitrogens with two attached hydrogens (primary N) is 2. The Balaban J connectivity index is 3.22. The van der Waals surface area contributed by atoms with Crippen molar-refractivity contribution in [2.24, 2.45) is 5.73 Å². The number of nitrogen functional groups attached to an aromatic ring is 1. The molecule has 1 rings (SSSR count). The predicted molar refractivity (Wildman–Crippen MR) is 79.1 cm³/mol. The Kier molecular flexibility index (Phi) is 4.91. The number of nitrogens with one attached hydrogen (secondary N) is 1. The second-order valence-electron chi connectivity index (χ2n) is 4.94. The zero-order valence-electron chi connectivity index (χ0n) is 10.9. The molecule has 0 aliphatic heterocycles. The van der Waals surface area contributed by atoms with Gasteiger partial charge in [0.25, 0.3) is 0 Å². The molecular formula is C11H15Cl2N3O3S. The van der Waals surface area contributed by atoms with Gasteiger partial charge in [0, 0.05) is 17.0 Å². The Labute approximate surface area is 127 Å². The molecule has 1 aromatic carbocycles. The minimum absolute atomic E-state index is 0.0788. The van der Waals surface area contributed by atoms with Gasteiger partial charge < -0.3 is 11.5 Å². The average molecular weight is 340 g/mol. The number of carbonyl (C=O) groups is 1. The van der Waals surface area contributed by atoms with Crippen LogP contribution in [0, 0.1) is 0 Å². The molecule has 0 heterocycles. The van der Waals surface area contributed by atoms with Crippen LogP contribution < -0.4 is 16.2 Å². The van der Waals surface area contributed by atoms with Crippen LogP contribution in [0.2, 0.25) is 10.0 Å².